The standard InChI is InChI=1S/C19H20ClFN2O/c20-16-3-7-18(8-4-16)22-19(24)15-9-11-23(12-10-15)13-14-1-5-17(21)6-2-14/h1-8,15H,9-13H2,(H,22,24). The molecule has 0 spiro atoms. The summed E-state index contributed by atoms with van der Waals surface area (Å²) in [6.45, 7) is 2.54. The van der Waals surface area contributed by atoms with Gasteiger partial charge in [-0.15, -0.1) is 0 Å². The minimum atomic E-state index is -0.212. The van der Waals surface area contributed by atoms with Gasteiger partial charge in [0.1, 0.15) is 5.82 Å². The molecule has 126 valence electrons. The Labute approximate surface area is 146 Å². The summed E-state index contributed by atoms with van der Waals surface area (Å²) >= 11 is 5.85. The minimum absolute atomic E-state index is 0.0325. The number of carbonyl (C=O) groups excluding carboxylic acids is 1. The highest BCUT2D eigenvalue weighted by molar-refractivity contribution is 6.30. The van der Waals surface area contributed by atoms with Crippen LogP contribution in [-0.2, 0) is 11.3 Å². The molecule has 1 saturated heterocycles. The lowest BCUT2D eigenvalue weighted by Gasteiger charge is -2.31. The molecule has 2 aromatic carbocycles. The van der Waals surface area contributed by atoms with Crippen LogP contribution < -0.4 is 5.32 Å². The van der Waals surface area contributed by atoms with Crippen LogP contribution >= 0.6 is 11.6 Å². The Kier molecular flexibility index (Phi) is 5.48. The van der Waals surface area contributed by atoms with Crippen molar-refractivity contribution in [1.29, 1.82) is 0 Å². The third-order valence-corrected chi connectivity index (χ3v) is 4.64. The molecule has 2 aromatic rings. The lowest BCUT2D eigenvalue weighted by atomic mass is 9.95. The van der Waals surface area contributed by atoms with Crippen LogP contribution in [0.2, 0.25) is 5.02 Å². The summed E-state index contributed by atoms with van der Waals surface area (Å²) in [6.07, 6.45) is 1.67. The van der Waals surface area contributed by atoms with Crippen LogP contribution in [0.5, 0.6) is 0 Å². The number of anilines is 1. The lowest BCUT2D eigenvalue weighted by Crippen LogP contribution is -2.37. The van der Waals surface area contributed by atoms with Crippen molar-refractivity contribution in [2.45, 2.75) is 19.4 Å². The third kappa shape index (κ3) is 4.56. The van der Waals surface area contributed by atoms with E-state index in [1.54, 1.807) is 12.1 Å². The molecular formula is C19H20ClFN2O. The zero-order chi connectivity index (χ0) is 16.9. The van der Waals surface area contributed by atoms with Crippen molar-refractivity contribution in [3.05, 3.63) is 64.9 Å². The first-order valence-corrected chi connectivity index (χ1v) is 8.51. The largest absolute Gasteiger partial charge is 0.326 e. The molecule has 0 atom stereocenters. The number of rotatable bonds is 4. The fourth-order valence-corrected chi connectivity index (χ4v) is 3.10. The summed E-state index contributed by atoms with van der Waals surface area (Å²) in [5.74, 6) is -0.111. The van der Waals surface area contributed by atoms with Gasteiger partial charge in [-0.05, 0) is 67.9 Å². The van der Waals surface area contributed by atoms with E-state index in [1.165, 1.54) is 12.1 Å². The summed E-state index contributed by atoms with van der Waals surface area (Å²) in [5, 5.41) is 3.61. The summed E-state index contributed by atoms with van der Waals surface area (Å²) in [5.41, 5.74) is 1.87. The second-order valence-electron chi connectivity index (χ2n) is 6.17. The zero-order valence-electron chi connectivity index (χ0n) is 13.3. The topological polar surface area (TPSA) is 32.3 Å². The average molecular weight is 347 g/mol. The maximum atomic E-state index is 12.9. The van der Waals surface area contributed by atoms with Crippen LogP contribution in [0.25, 0.3) is 0 Å². The molecule has 1 aliphatic heterocycles. The number of hydrogen-bond donors (Lipinski definition) is 1. The highest BCUT2D eigenvalue weighted by Gasteiger charge is 2.25. The molecule has 3 rings (SSSR count). The van der Waals surface area contributed by atoms with Gasteiger partial charge in [0.2, 0.25) is 5.91 Å². The highest BCUT2D eigenvalue weighted by atomic mass is 35.5. The van der Waals surface area contributed by atoms with Crippen LogP contribution in [0.1, 0.15) is 18.4 Å². The molecule has 0 aliphatic carbocycles. The third-order valence-electron chi connectivity index (χ3n) is 4.39. The van der Waals surface area contributed by atoms with Crippen molar-refractivity contribution in [2.24, 2.45) is 5.92 Å². The molecule has 1 amide bonds. The molecule has 0 saturated carbocycles. The first-order valence-electron chi connectivity index (χ1n) is 8.13. The molecule has 0 bridgehead atoms. The number of benzene rings is 2. The van der Waals surface area contributed by atoms with Crippen molar-refractivity contribution in [1.82, 2.24) is 4.90 Å². The molecule has 0 radical (unpaired) electrons. The van der Waals surface area contributed by atoms with Gasteiger partial charge in [0, 0.05) is 23.2 Å². The van der Waals surface area contributed by atoms with E-state index >= 15 is 0 Å². The van der Waals surface area contributed by atoms with Gasteiger partial charge < -0.3 is 5.32 Å². The summed E-state index contributed by atoms with van der Waals surface area (Å²) in [7, 11) is 0. The van der Waals surface area contributed by atoms with Gasteiger partial charge in [-0.1, -0.05) is 23.7 Å². The van der Waals surface area contributed by atoms with Gasteiger partial charge in [0.05, 0.1) is 0 Å². The van der Waals surface area contributed by atoms with E-state index < -0.39 is 0 Å². The van der Waals surface area contributed by atoms with Crippen molar-refractivity contribution < 1.29 is 9.18 Å². The number of nitrogens with zero attached hydrogens (tertiary/aromatic N) is 1. The summed E-state index contributed by atoms with van der Waals surface area (Å²) < 4.78 is 12.9. The molecule has 3 nitrogen and oxygen atoms in total. The van der Waals surface area contributed by atoms with Gasteiger partial charge in [0.15, 0.2) is 0 Å². The fraction of sp³-hybridized carbons (Fsp3) is 0.316. The number of nitrogens with one attached hydrogen (secondary N) is 1. The van der Waals surface area contributed by atoms with Crippen LogP contribution in [0.3, 0.4) is 0 Å². The number of halogens is 2. The van der Waals surface area contributed by atoms with E-state index in [0.717, 1.165) is 43.7 Å². The number of likely N-dealkylation sites (tertiary alicyclic amines) is 1. The van der Waals surface area contributed by atoms with Gasteiger partial charge >= 0.3 is 0 Å². The molecular weight excluding hydrogens is 327 g/mol. The summed E-state index contributed by atoms with van der Waals surface area (Å²) in [6, 6.07) is 13.8. The minimum Gasteiger partial charge on any atom is -0.326 e. The number of amides is 1. The first kappa shape index (κ1) is 16.9. The van der Waals surface area contributed by atoms with Crippen LogP contribution in [0.4, 0.5) is 10.1 Å². The van der Waals surface area contributed by atoms with E-state index in [1.807, 2.05) is 24.3 Å². The normalized spacial score (nSPS) is 16.1. The Bertz CT molecular complexity index is 680. The highest BCUT2D eigenvalue weighted by Crippen LogP contribution is 2.21. The quantitative estimate of drug-likeness (QED) is 0.893. The number of piperidine rings is 1. The van der Waals surface area contributed by atoms with Crippen LogP contribution in [0.15, 0.2) is 48.5 Å². The molecule has 1 aliphatic rings. The van der Waals surface area contributed by atoms with Gasteiger partial charge in [-0.2, -0.15) is 0 Å². The predicted molar refractivity (Wildman–Crippen MR) is 94.5 cm³/mol. The average Bonchev–Trinajstić information content (AvgIpc) is 2.59. The molecule has 5 heteroatoms. The Morgan fingerprint density at radius 2 is 1.71 bits per heavy atom. The molecule has 1 heterocycles. The predicted octanol–water partition coefficient (Wildman–Crippen LogP) is 4.33. The molecule has 24 heavy (non-hydrogen) atoms. The Morgan fingerprint density at radius 3 is 2.33 bits per heavy atom. The Morgan fingerprint density at radius 1 is 1.08 bits per heavy atom. The van der Waals surface area contributed by atoms with E-state index in [-0.39, 0.29) is 17.6 Å². The molecule has 0 aromatic heterocycles. The second-order valence-corrected chi connectivity index (χ2v) is 6.61. The summed E-state index contributed by atoms with van der Waals surface area (Å²) in [4.78, 5) is 14.7. The van der Waals surface area contributed by atoms with Crippen LogP contribution in [-0.4, -0.2) is 23.9 Å². The first-order chi connectivity index (χ1) is 11.6. The van der Waals surface area contributed by atoms with E-state index in [2.05, 4.69) is 10.2 Å². The Balaban J connectivity index is 1.48. The maximum absolute atomic E-state index is 12.9. The Hall–Kier alpha value is -1.91. The number of carbonyl (C=O) groups is 1. The monoisotopic (exact) mass is 346 g/mol. The van der Waals surface area contributed by atoms with Crippen molar-refractivity contribution in [3.63, 3.8) is 0 Å². The molecule has 1 N–H and O–H groups in total. The van der Waals surface area contributed by atoms with Gasteiger partial charge in [-0.3, -0.25) is 9.69 Å². The van der Waals surface area contributed by atoms with E-state index in [0.29, 0.717) is 5.02 Å². The van der Waals surface area contributed by atoms with E-state index in [9.17, 15) is 9.18 Å². The SMILES string of the molecule is O=C(Nc1ccc(Cl)cc1)C1CCN(Cc2ccc(F)cc2)CC1. The second kappa shape index (κ2) is 7.77. The molecule has 0 unspecified atom stereocenters. The van der Waals surface area contributed by atoms with Gasteiger partial charge in [-0.25, -0.2) is 4.39 Å². The van der Waals surface area contributed by atoms with E-state index in [4.69, 9.17) is 11.6 Å². The molecule has 1 fully saturated rings. The number of hydrogen-bond acceptors (Lipinski definition) is 2. The maximum Gasteiger partial charge on any atom is 0.227 e. The van der Waals surface area contributed by atoms with Crippen LogP contribution in [0, 0.1) is 11.7 Å². The van der Waals surface area contributed by atoms with Crippen molar-refractivity contribution in [2.75, 3.05) is 18.4 Å². The lowest BCUT2D eigenvalue weighted by molar-refractivity contribution is -0.121. The smallest absolute Gasteiger partial charge is 0.227 e. The van der Waals surface area contributed by atoms with Gasteiger partial charge in [0.25, 0.3) is 0 Å². The zero-order valence-corrected chi connectivity index (χ0v) is 14.1. The van der Waals surface area contributed by atoms with Crippen molar-refractivity contribution >= 4 is 23.2 Å². The fourth-order valence-electron chi connectivity index (χ4n) is 2.98. The van der Waals surface area contributed by atoms with Crippen molar-refractivity contribution in [3.8, 4) is 0 Å².